The van der Waals surface area contributed by atoms with Gasteiger partial charge in [0.1, 0.15) is 0 Å². The van der Waals surface area contributed by atoms with E-state index in [0.717, 1.165) is 69.5 Å². The molecule has 0 saturated heterocycles. The highest BCUT2D eigenvalue weighted by Gasteiger charge is 2.34. The monoisotopic (exact) mass is 368 g/mol. The lowest BCUT2D eigenvalue weighted by molar-refractivity contribution is 0.555. The Balaban J connectivity index is 3.88. The van der Waals surface area contributed by atoms with Crippen molar-refractivity contribution in [1.29, 1.82) is 0 Å². The van der Waals surface area contributed by atoms with Crippen molar-refractivity contribution in [3.63, 3.8) is 0 Å². The second-order valence-corrected chi connectivity index (χ2v) is 13.7. The van der Waals surface area contributed by atoms with Crippen molar-refractivity contribution in [2.45, 2.75) is 115 Å². The van der Waals surface area contributed by atoms with Gasteiger partial charge in [0, 0.05) is 0 Å². The predicted molar refractivity (Wildman–Crippen MR) is 102 cm³/mol. The second kappa shape index (κ2) is 13.5. The van der Waals surface area contributed by atoms with E-state index in [-0.39, 0.29) is 12.1 Å². The number of hydrogen-bond acceptors (Lipinski definition) is 0. The van der Waals surface area contributed by atoms with Crippen LogP contribution in [0.1, 0.15) is 85.0 Å². The topological polar surface area (TPSA) is 0 Å². The Morgan fingerprint density at radius 2 is 0.826 bits per heavy atom. The minimum absolute atomic E-state index is 0.150. The molecule has 0 aromatic rings. The van der Waals surface area contributed by atoms with Gasteiger partial charge in [0.15, 0.2) is 0 Å². The molecule has 5 heteroatoms. The van der Waals surface area contributed by atoms with Crippen LogP contribution in [0.2, 0.25) is 30.2 Å². The molecule has 0 aliphatic heterocycles. The van der Waals surface area contributed by atoms with E-state index >= 15 is 4.11 Å². The zero-order valence-electron chi connectivity index (χ0n) is 15.7. The van der Waals surface area contributed by atoms with Crippen molar-refractivity contribution in [2.24, 2.45) is 0 Å². The molecule has 0 aliphatic carbocycles. The van der Waals surface area contributed by atoms with Crippen LogP contribution in [-0.2, 0) is 0 Å². The van der Waals surface area contributed by atoms with Crippen molar-refractivity contribution >= 4 is 17.1 Å². The third-order valence-electron chi connectivity index (χ3n) is 4.77. The van der Waals surface area contributed by atoms with E-state index in [2.05, 4.69) is 13.8 Å². The van der Waals surface area contributed by atoms with Gasteiger partial charge in [-0.3, -0.25) is 8.22 Å². The summed E-state index contributed by atoms with van der Waals surface area (Å²) in [6, 6.07) is 2.70. The Morgan fingerprint density at radius 3 is 1.30 bits per heavy atom. The van der Waals surface area contributed by atoms with Gasteiger partial charge >= 0.3 is 8.74 Å². The molecule has 0 nitrogen and oxygen atoms in total. The Bertz CT molecular complexity index is 265. The first-order valence-electron chi connectivity index (χ1n) is 9.96. The lowest BCUT2D eigenvalue weighted by Gasteiger charge is -2.22. The van der Waals surface area contributed by atoms with Crippen LogP contribution >= 0.6 is 0 Å². The molecule has 23 heavy (non-hydrogen) atoms. The van der Waals surface area contributed by atoms with Crippen LogP contribution in [0.3, 0.4) is 0 Å². The summed E-state index contributed by atoms with van der Waals surface area (Å²) in [5.74, 6) is 0. The fourth-order valence-corrected chi connectivity index (χ4v) is 8.60. The Kier molecular flexibility index (Phi) is 13.6. The molecule has 0 atom stereocenters. The average Bonchev–Trinajstić information content (AvgIpc) is 2.52. The van der Waals surface area contributed by atoms with Gasteiger partial charge in [-0.15, -0.1) is 0 Å². The van der Waals surface area contributed by atoms with E-state index in [4.69, 9.17) is 0 Å². The quantitative estimate of drug-likeness (QED) is 0.146. The second-order valence-electron chi connectivity index (χ2n) is 7.23. The molecular formula is C18H39F3Si2. The largest absolute Gasteiger partial charge is 0.425 e. The third-order valence-corrected chi connectivity index (χ3v) is 10.7. The van der Waals surface area contributed by atoms with E-state index in [9.17, 15) is 8.22 Å². The normalized spacial score (nSPS) is 12.8. The highest BCUT2D eigenvalue weighted by atomic mass is 28.4. The molecule has 140 valence electrons. The minimum atomic E-state index is -3.92. The number of halogens is 3. The van der Waals surface area contributed by atoms with E-state index in [0.29, 0.717) is 12.8 Å². The van der Waals surface area contributed by atoms with Crippen LogP contribution in [0.15, 0.2) is 0 Å². The maximum Gasteiger partial charge on any atom is 0.425 e. The summed E-state index contributed by atoms with van der Waals surface area (Å²) in [5, 5.41) is 0. The molecule has 0 bridgehead atoms. The standard InChI is InChI=1S/C18H39F3Si2/c1-4-7-14-22(19,15-8-5-2)16-12-10-11-13-18-23(20,21)17-9-6-3/h4-18H2,1-3H3. The lowest BCUT2D eigenvalue weighted by atomic mass is 10.2. The zero-order chi connectivity index (χ0) is 17.6. The van der Waals surface area contributed by atoms with Gasteiger partial charge in [0.25, 0.3) is 0 Å². The summed E-state index contributed by atoms with van der Waals surface area (Å²) in [7, 11) is -6.47. The third kappa shape index (κ3) is 13.2. The maximum atomic E-state index is 15.0. The summed E-state index contributed by atoms with van der Waals surface area (Å²) in [6.45, 7) is 6.21. The van der Waals surface area contributed by atoms with Crippen LogP contribution in [0, 0.1) is 0 Å². The lowest BCUT2D eigenvalue weighted by Crippen LogP contribution is -2.28. The minimum Gasteiger partial charge on any atom is -0.314 e. The predicted octanol–water partition coefficient (Wildman–Crippen LogP) is 8.24. The highest BCUT2D eigenvalue weighted by Crippen LogP contribution is 2.30. The maximum absolute atomic E-state index is 15.0. The summed E-state index contributed by atoms with van der Waals surface area (Å²) in [4.78, 5) is 0. The molecule has 0 rings (SSSR count). The van der Waals surface area contributed by atoms with E-state index < -0.39 is 17.1 Å². The van der Waals surface area contributed by atoms with Crippen molar-refractivity contribution in [2.75, 3.05) is 0 Å². The van der Waals surface area contributed by atoms with Crippen LogP contribution in [-0.4, -0.2) is 17.1 Å². The molecule has 0 fully saturated rings. The van der Waals surface area contributed by atoms with E-state index in [1.165, 1.54) is 0 Å². The SMILES string of the molecule is CCCC[Si](F)(F)CCCCCC[Si](F)(CCCC)CCCC. The number of unbranched alkanes of at least 4 members (excludes halogenated alkanes) is 6. The summed E-state index contributed by atoms with van der Waals surface area (Å²) in [5.41, 5.74) is 0. The van der Waals surface area contributed by atoms with Gasteiger partial charge in [-0.25, -0.2) is 0 Å². The molecule has 0 radical (unpaired) electrons. The number of rotatable bonds is 16. The molecule has 0 amide bonds. The van der Waals surface area contributed by atoms with Gasteiger partial charge in [0.05, 0.1) is 0 Å². The van der Waals surface area contributed by atoms with Crippen molar-refractivity contribution in [3.05, 3.63) is 0 Å². The fourth-order valence-electron chi connectivity index (χ4n) is 3.10. The van der Waals surface area contributed by atoms with Gasteiger partial charge in [-0.05, 0) is 30.2 Å². The molecule has 0 N–H and O–H groups in total. The van der Waals surface area contributed by atoms with Crippen LogP contribution in [0.4, 0.5) is 12.3 Å². The summed E-state index contributed by atoms with van der Waals surface area (Å²) >= 11 is 0. The molecule has 0 unspecified atom stereocenters. The summed E-state index contributed by atoms with van der Waals surface area (Å²) in [6.07, 6.45) is 9.07. The fraction of sp³-hybridized carbons (Fsp3) is 1.00. The summed E-state index contributed by atoms with van der Waals surface area (Å²) < 4.78 is 42.4. The van der Waals surface area contributed by atoms with Crippen molar-refractivity contribution in [1.82, 2.24) is 0 Å². The smallest absolute Gasteiger partial charge is 0.314 e. The van der Waals surface area contributed by atoms with Gasteiger partial charge in [-0.2, -0.15) is 0 Å². The first-order valence-corrected chi connectivity index (χ1v) is 14.6. The van der Waals surface area contributed by atoms with Crippen molar-refractivity contribution in [3.8, 4) is 0 Å². The van der Waals surface area contributed by atoms with Crippen molar-refractivity contribution < 1.29 is 12.3 Å². The Morgan fingerprint density at radius 1 is 0.478 bits per heavy atom. The molecule has 0 aromatic heterocycles. The number of hydrogen-bond donors (Lipinski definition) is 0. The first-order chi connectivity index (χ1) is 10.9. The van der Waals surface area contributed by atoms with Gasteiger partial charge < -0.3 is 4.11 Å². The zero-order valence-corrected chi connectivity index (χ0v) is 17.7. The van der Waals surface area contributed by atoms with E-state index in [1.807, 2.05) is 6.92 Å². The first kappa shape index (κ1) is 23.2. The average molecular weight is 369 g/mol. The Labute approximate surface area is 145 Å². The van der Waals surface area contributed by atoms with Crippen LogP contribution < -0.4 is 0 Å². The van der Waals surface area contributed by atoms with E-state index in [1.54, 1.807) is 0 Å². The molecule has 0 spiro atoms. The van der Waals surface area contributed by atoms with Crippen LogP contribution in [0.5, 0.6) is 0 Å². The van der Waals surface area contributed by atoms with Crippen LogP contribution in [0.25, 0.3) is 0 Å². The molecule has 0 aromatic carbocycles. The molecule has 0 saturated carbocycles. The Hall–Kier alpha value is 0.224. The molecule has 0 heterocycles. The molecular weight excluding hydrogens is 329 g/mol. The molecule has 0 aliphatic rings. The van der Waals surface area contributed by atoms with Gasteiger partial charge in [0.2, 0.25) is 8.41 Å². The van der Waals surface area contributed by atoms with Gasteiger partial charge in [-0.1, -0.05) is 85.0 Å². The highest BCUT2D eigenvalue weighted by molar-refractivity contribution is 6.73.